The Labute approximate surface area is 96.8 Å². The summed E-state index contributed by atoms with van der Waals surface area (Å²) in [4.78, 5) is 22.2. The minimum atomic E-state index is -1.10. The van der Waals surface area contributed by atoms with Crippen LogP contribution in [0.4, 0.5) is 4.39 Å². The minimum Gasteiger partial charge on any atom is -0.481 e. The summed E-state index contributed by atoms with van der Waals surface area (Å²) < 4.78 is 13.3. The number of carboxylic acids is 1. The maximum Gasteiger partial charge on any atom is 0.306 e. The van der Waals surface area contributed by atoms with Crippen LogP contribution in [0.3, 0.4) is 0 Å². The number of rotatable bonds is 4. The molecule has 3 nitrogen and oxygen atoms in total. The molecule has 0 amide bonds. The molecule has 0 fully saturated rings. The summed E-state index contributed by atoms with van der Waals surface area (Å²) in [5.41, 5.74) is -0.239. The molecule has 86 valence electrons. The Morgan fingerprint density at radius 3 is 2.62 bits per heavy atom. The Balaban J connectivity index is 2.93. The summed E-state index contributed by atoms with van der Waals surface area (Å²) in [6.45, 7) is 1.38. The average molecular weight is 245 g/mol. The molecule has 0 radical (unpaired) electrons. The molecule has 0 heterocycles. The second-order valence-electron chi connectivity index (χ2n) is 3.46. The van der Waals surface area contributed by atoms with E-state index in [9.17, 15) is 14.0 Å². The van der Waals surface area contributed by atoms with Gasteiger partial charge in [0.25, 0.3) is 0 Å². The molecule has 0 saturated heterocycles. The third kappa shape index (κ3) is 2.79. The predicted molar refractivity (Wildman–Crippen MR) is 57.2 cm³/mol. The van der Waals surface area contributed by atoms with Crippen LogP contribution in [-0.2, 0) is 4.79 Å². The van der Waals surface area contributed by atoms with E-state index in [1.165, 1.54) is 19.1 Å². The van der Waals surface area contributed by atoms with Crippen LogP contribution < -0.4 is 0 Å². The van der Waals surface area contributed by atoms with Crippen molar-refractivity contribution in [1.29, 1.82) is 0 Å². The molecule has 1 N–H and O–H groups in total. The highest BCUT2D eigenvalue weighted by atomic mass is 35.5. The van der Waals surface area contributed by atoms with Gasteiger partial charge in [-0.2, -0.15) is 0 Å². The average Bonchev–Trinajstić information content (AvgIpc) is 2.16. The lowest BCUT2D eigenvalue weighted by molar-refractivity contribution is -0.141. The van der Waals surface area contributed by atoms with Crippen molar-refractivity contribution in [3.63, 3.8) is 0 Å². The number of Topliss-reactive ketones (excluding diaryl/α,β-unsaturated/α-hetero) is 1. The van der Waals surface area contributed by atoms with E-state index in [1.54, 1.807) is 0 Å². The van der Waals surface area contributed by atoms with Gasteiger partial charge in [0, 0.05) is 6.42 Å². The molecular formula is C11H10ClFO3. The molecule has 5 heteroatoms. The van der Waals surface area contributed by atoms with Gasteiger partial charge in [-0.05, 0) is 12.1 Å². The first-order valence-electron chi connectivity index (χ1n) is 4.63. The van der Waals surface area contributed by atoms with Gasteiger partial charge in [0.2, 0.25) is 0 Å². The second-order valence-corrected chi connectivity index (χ2v) is 3.87. The van der Waals surface area contributed by atoms with E-state index in [4.69, 9.17) is 16.7 Å². The number of hydrogen-bond donors (Lipinski definition) is 1. The Morgan fingerprint density at radius 2 is 2.12 bits per heavy atom. The zero-order chi connectivity index (χ0) is 12.3. The van der Waals surface area contributed by atoms with E-state index in [-0.39, 0.29) is 17.0 Å². The molecule has 1 rings (SSSR count). The van der Waals surface area contributed by atoms with Crippen molar-refractivity contribution in [3.05, 3.63) is 34.6 Å². The van der Waals surface area contributed by atoms with E-state index in [2.05, 4.69) is 0 Å². The van der Waals surface area contributed by atoms with Crippen molar-refractivity contribution >= 4 is 23.4 Å². The van der Waals surface area contributed by atoms with Crippen LogP contribution in [0.25, 0.3) is 0 Å². The second kappa shape index (κ2) is 5.07. The molecule has 1 aromatic rings. The molecule has 0 aliphatic rings. The number of aliphatic carboxylic acids is 1. The van der Waals surface area contributed by atoms with Gasteiger partial charge in [0.05, 0.1) is 16.5 Å². The quantitative estimate of drug-likeness (QED) is 0.829. The fourth-order valence-corrected chi connectivity index (χ4v) is 1.50. The van der Waals surface area contributed by atoms with Crippen molar-refractivity contribution in [1.82, 2.24) is 0 Å². The van der Waals surface area contributed by atoms with Crippen LogP contribution in [0.1, 0.15) is 23.7 Å². The third-order valence-electron chi connectivity index (χ3n) is 2.15. The predicted octanol–water partition coefficient (Wildman–Crippen LogP) is 2.77. The monoisotopic (exact) mass is 244 g/mol. The maximum atomic E-state index is 13.3. The summed E-state index contributed by atoms with van der Waals surface area (Å²) in [5, 5.41) is 8.64. The molecule has 0 aliphatic carbocycles. The summed E-state index contributed by atoms with van der Waals surface area (Å²) in [7, 11) is 0. The Hall–Kier alpha value is -1.42. The zero-order valence-corrected chi connectivity index (χ0v) is 9.29. The third-order valence-corrected chi connectivity index (χ3v) is 2.47. The van der Waals surface area contributed by atoms with Gasteiger partial charge in [0.1, 0.15) is 5.82 Å². The van der Waals surface area contributed by atoms with Gasteiger partial charge in [-0.1, -0.05) is 24.6 Å². The van der Waals surface area contributed by atoms with Crippen molar-refractivity contribution in [2.75, 3.05) is 0 Å². The molecule has 0 saturated carbocycles. The largest absolute Gasteiger partial charge is 0.481 e. The van der Waals surface area contributed by atoms with Crippen molar-refractivity contribution in [3.8, 4) is 0 Å². The standard InChI is InChI=1S/C11H10ClFO3/c1-6(11(15)16)5-9(14)10-7(12)3-2-4-8(10)13/h2-4,6H,5H2,1H3,(H,15,16). The van der Waals surface area contributed by atoms with Gasteiger partial charge < -0.3 is 5.11 Å². The highest BCUT2D eigenvalue weighted by Crippen LogP contribution is 2.22. The maximum absolute atomic E-state index is 13.3. The first kappa shape index (κ1) is 12.6. The van der Waals surface area contributed by atoms with E-state index >= 15 is 0 Å². The van der Waals surface area contributed by atoms with Crippen LogP contribution in [0.2, 0.25) is 5.02 Å². The van der Waals surface area contributed by atoms with E-state index < -0.39 is 23.5 Å². The van der Waals surface area contributed by atoms with Crippen LogP contribution in [0.15, 0.2) is 18.2 Å². The topological polar surface area (TPSA) is 54.4 Å². The highest BCUT2D eigenvalue weighted by molar-refractivity contribution is 6.34. The molecule has 0 spiro atoms. The van der Waals surface area contributed by atoms with E-state index in [1.807, 2.05) is 0 Å². The Morgan fingerprint density at radius 1 is 1.50 bits per heavy atom. The summed E-state index contributed by atoms with van der Waals surface area (Å²) >= 11 is 5.68. The van der Waals surface area contributed by atoms with Gasteiger partial charge in [0.15, 0.2) is 5.78 Å². The smallest absolute Gasteiger partial charge is 0.306 e. The van der Waals surface area contributed by atoms with Crippen LogP contribution in [0, 0.1) is 11.7 Å². The minimum absolute atomic E-state index is 0.00240. The number of ketones is 1. The molecular weight excluding hydrogens is 235 g/mol. The SMILES string of the molecule is CC(CC(=O)c1c(F)cccc1Cl)C(=O)O. The molecule has 0 aliphatic heterocycles. The van der Waals surface area contributed by atoms with Gasteiger partial charge in [-0.15, -0.1) is 0 Å². The lowest BCUT2D eigenvalue weighted by atomic mass is 9.99. The van der Waals surface area contributed by atoms with E-state index in [0.717, 1.165) is 6.07 Å². The van der Waals surface area contributed by atoms with Crippen molar-refractivity contribution < 1.29 is 19.1 Å². The lowest BCUT2D eigenvalue weighted by Gasteiger charge is -2.07. The van der Waals surface area contributed by atoms with E-state index in [0.29, 0.717) is 0 Å². The van der Waals surface area contributed by atoms with Crippen molar-refractivity contribution in [2.45, 2.75) is 13.3 Å². The molecule has 0 aromatic heterocycles. The first-order valence-corrected chi connectivity index (χ1v) is 5.01. The lowest BCUT2D eigenvalue weighted by Crippen LogP contribution is -2.15. The first-order chi connectivity index (χ1) is 7.43. The molecule has 16 heavy (non-hydrogen) atoms. The Kier molecular flexibility index (Phi) is 4.01. The number of carbonyl (C=O) groups excluding carboxylic acids is 1. The fourth-order valence-electron chi connectivity index (χ4n) is 1.23. The van der Waals surface area contributed by atoms with Crippen molar-refractivity contribution in [2.24, 2.45) is 5.92 Å². The zero-order valence-electron chi connectivity index (χ0n) is 8.54. The number of benzene rings is 1. The number of carbonyl (C=O) groups is 2. The molecule has 1 unspecified atom stereocenters. The number of carboxylic acid groups (broad SMARTS) is 1. The molecule has 0 bridgehead atoms. The van der Waals surface area contributed by atoms with Crippen LogP contribution in [0.5, 0.6) is 0 Å². The van der Waals surface area contributed by atoms with Gasteiger partial charge in [-0.3, -0.25) is 9.59 Å². The normalized spacial score (nSPS) is 12.2. The summed E-state index contributed by atoms with van der Waals surface area (Å²) in [6, 6.07) is 3.89. The fraction of sp³-hybridized carbons (Fsp3) is 0.273. The summed E-state index contributed by atoms with van der Waals surface area (Å²) in [6.07, 6.45) is -0.268. The van der Waals surface area contributed by atoms with Crippen LogP contribution in [-0.4, -0.2) is 16.9 Å². The molecule has 1 atom stereocenters. The van der Waals surface area contributed by atoms with Gasteiger partial charge >= 0.3 is 5.97 Å². The van der Waals surface area contributed by atoms with Gasteiger partial charge in [-0.25, -0.2) is 4.39 Å². The van der Waals surface area contributed by atoms with Crippen LogP contribution >= 0.6 is 11.6 Å². The summed E-state index contributed by atoms with van der Waals surface area (Å²) in [5.74, 6) is -3.28. The Bertz CT molecular complexity index is 411. The number of hydrogen-bond acceptors (Lipinski definition) is 2. The number of halogens is 2. The molecule has 1 aromatic carbocycles. The highest BCUT2D eigenvalue weighted by Gasteiger charge is 2.21.